The van der Waals surface area contributed by atoms with Crippen LogP contribution in [0.3, 0.4) is 0 Å². The van der Waals surface area contributed by atoms with Gasteiger partial charge < -0.3 is 0 Å². The average molecular weight is 204 g/mol. The van der Waals surface area contributed by atoms with Gasteiger partial charge in [-0.05, 0) is 25.0 Å². The van der Waals surface area contributed by atoms with Crippen molar-refractivity contribution in [3.8, 4) is 5.95 Å². The highest BCUT2D eigenvalue weighted by Gasteiger charge is 1.99. The van der Waals surface area contributed by atoms with E-state index in [9.17, 15) is 0 Å². The van der Waals surface area contributed by atoms with Gasteiger partial charge in [0.25, 0.3) is 0 Å². The van der Waals surface area contributed by atoms with Crippen molar-refractivity contribution < 1.29 is 0 Å². The summed E-state index contributed by atoms with van der Waals surface area (Å²) in [6, 6.07) is 0. The van der Waals surface area contributed by atoms with Gasteiger partial charge >= 0.3 is 0 Å². The van der Waals surface area contributed by atoms with E-state index in [0.29, 0.717) is 5.95 Å². The minimum absolute atomic E-state index is 0.610. The lowest BCUT2D eigenvalue weighted by atomic mass is 10.4. The molecule has 2 aromatic heterocycles. The highest BCUT2D eigenvalue weighted by Crippen LogP contribution is 2.01. The molecule has 2 heterocycles. The van der Waals surface area contributed by atoms with E-state index in [1.54, 1.807) is 23.3 Å². The fourth-order valence-corrected chi connectivity index (χ4v) is 1.03. The molecule has 0 aliphatic heterocycles. The Hall–Kier alpha value is -1.71. The van der Waals surface area contributed by atoms with Gasteiger partial charge in [0.1, 0.15) is 0 Å². The van der Waals surface area contributed by atoms with E-state index in [1.807, 2.05) is 33.9 Å². The summed E-state index contributed by atoms with van der Waals surface area (Å²) in [5, 5.41) is 4.11. The van der Waals surface area contributed by atoms with Crippen LogP contribution in [0.4, 0.5) is 0 Å². The van der Waals surface area contributed by atoms with Crippen molar-refractivity contribution in [3.63, 3.8) is 0 Å². The average Bonchev–Trinajstić information content (AvgIpc) is 2.69. The van der Waals surface area contributed by atoms with Crippen LogP contribution >= 0.6 is 0 Å². The van der Waals surface area contributed by atoms with Crippen molar-refractivity contribution in [2.24, 2.45) is 0 Å². The Bertz CT molecular complexity index is 403. The van der Waals surface area contributed by atoms with Crippen molar-refractivity contribution in [3.05, 3.63) is 35.9 Å². The van der Waals surface area contributed by atoms with E-state index in [0.717, 1.165) is 11.1 Å². The van der Waals surface area contributed by atoms with Crippen LogP contribution in [-0.4, -0.2) is 19.7 Å². The van der Waals surface area contributed by atoms with Crippen molar-refractivity contribution in [1.29, 1.82) is 0 Å². The van der Waals surface area contributed by atoms with Gasteiger partial charge in [0.05, 0.1) is 6.20 Å². The zero-order valence-corrected chi connectivity index (χ0v) is 9.60. The first kappa shape index (κ1) is 11.4. The van der Waals surface area contributed by atoms with Crippen molar-refractivity contribution in [2.45, 2.75) is 27.7 Å². The smallest absolute Gasteiger partial charge is 0.219 e. The third-order valence-corrected chi connectivity index (χ3v) is 1.68. The van der Waals surface area contributed by atoms with Gasteiger partial charge in [-0.25, -0.2) is 14.6 Å². The molecule has 80 valence electrons. The molecule has 0 saturated carbocycles. The Morgan fingerprint density at radius 1 is 0.933 bits per heavy atom. The summed E-state index contributed by atoms with van der Waals surface area (Å²) >= 11 is 0. The Balaban J connectivity index is 0.000000531. The molecule has 0 saturated heterocycles. The van der Waals surface area contributed by atoms with E-state index < -0.39 is 0 Å². The van der Waals surface area contributed by atoms with Gasteiger partial charge in [-0.1, -0.05) is 13.8 Å². The van der Waals surface area contributed by atoms with E-state index in [2.05, 4.69) is 15.1 Å². The zero-order valence-electron chi connectivity index (χ0n) is 9.60. The molecule has 0 aliphatic carbocycles. The van der Waals surface area contributed by atoms with Crippen LogP contribution in [0.15, 0.2) is 24.8 Å². The van der Waals surface area contributed by atoms with Crippen LogP contribution in [0, 0.1) is 13.8 Å². The van der Waals surface area contributed by atoms with Crippen molar-refractivity contribution in [1.82, 2.24) is 19.7 Å². The maximum atomic E-state index is 4.15. The van der Waals surface area contributed by atoms with E-state index in [4.69, 9.17) is 0 Å². The Kier molecular flexibility index (Phi) is 3.97. The molecular weight excluding hydrogens is 188 g/mol. The lowest BCUT2D eigenvalue weighted by Gasteiger charge is -1.97. The number of aryl methyl sites for hydroxylation is 2. The molecule has 2 rings (SSSR count). The third-order valence-electron chi connectivity index (χ3n) is 1.68. The molecule has 0 atom stereocenters. The van der Waals surface area contributed by atoms with Crippen LogP contribution in [-0.2, 0) is 0 Å². The van der Waals surface area contributed by atoms with Gasteiger partial charge in [0.2, 0.25) is 5.95 Å². The molecule has 0 amide bonds. The van der Waals surface area contributed by atoms with Crippen LogP contribution in [0.5, 0.6) is 0 Å². The fourth-order valence-electron chi connectivity index (χ4n) is 1.03. The summed E-state index contributed by atoms with van der Waals surface area (Å²) in [4.78, 5) is 8.30. The second kappa shape index (κ2) is 5.24. The molecular formula is C11H16N4. The molecule has 15 heavy (non-hydrogen) atoms. The van der Waals surface area contributed by atoms with Gasteiger partial charge in [-0.15, -0.1) is 0 Å². The molecule has 0 bridgehead atoms. The topological polar surface area (TPSA) is 43.6 Å². The summed E-state index contributed by atoms with van der Waals surface area (Å²) in [7, 11) is 0. The summed E-state index contributed by atoms with van der Waals surface area (Å²) in [5.74, 6) is 0.610. The fraction of sp³-hybridized carbons (Fsp3) is 0.364. The number of aromatic nitrogens is 4. The maximum absolute atomic E-state index is 4.15. The molecule has 0 spiro atoms. The summed E-state index contributed by atoms with van der Waals surface area (Å²) in [6.45, 7) is 7.94. The standard InChI is InChI=1S/C9H10N4.C2H6/c1-7-3-10-9(11-4-7)13-6-8(2)5-12-13;1-2/h3-6H,1-2H3;1-2H3. The van der Waals surface area contributed by atoms with Crippen molar-refractivity contribution >= 4 is 0 Å². The quantitative estimate of drug-likeness (QED) is 0.716. The summed E-state index contributed by atoms with van der Waals surface area (Å²) < 4.78 is 1.66. The normalized spacial score (nSPS) is 9.33. The molecule has 2 aromatic rings. The molecule has 4 heteroatoms. The largest absolute Gasteiger partial charge is 0.250 e. The lowest BCUT2D eigenvalue weighted by Crippen LogP contribution is -2.00. The van der Waals surface area contributed by atoms with Crippen LogP contribution < -0.4 is 0 Å². The second-order valence-electron chi connectivity index (χ2n) is 3.02. The predicted octanol–water partition coefficient (Wildman–Crippen LogP) is 2.31. The van der Waals surface area contributed by atoms with Crippen molar-refractivity contribution in [2.75, 3.05) is 0 Å². The van der Waals surface area contributed by atoms with Gasteiger partial charge in [0, 0.05) is 18.6 Å². The first-order valence-corrected chi connectivity index (χ1v) is 5.06. The molecule has 0 aliphatic rings. The monoisotopic (exact) mass is 204 g/mol. The minimum Gasteiger partial charge on any atom is -0.219 e. The second-order valence-corrected chi connectivity index (χ2v) is 3.02. The first-order valence-electron chi connectivity index (χ1n) is 5.06. The molecule has 0 fully saturated rings. The lowest BCUT2D eigenvalue weighted by molar-refractivity contribution is 0.805. The third kappa shape index (κ3) is 2.87. The van der Waals surface area contributed by atoms with Crippen LogP contribution in [0.1, 0.15) is 25.0 Å². The Labute approximate surface area is 90.0 Å². The molecule has 4 nitrogen and oxygen atoms in total. The number of rotatable bonds is 1. The minimum atomic E-state index is 0.610. The van der Waals surface area contributed by atoms with E-state index in [1.165, 1.54) is 0 Å². The first-order chi connectivity index (χ1) is 7.25. The SMILES string of the molecule is CC.Cc1cnc(-n2cc(C)cn2)nc1. The predicted molar refractivity (Wildman–Crippen MR) is 60.0 cm³/mol. The highest BCUT2D eigenvalue weighted by molar-refractivity contribution is 5.14. The highest BCUT2D eigenvalue weighted by atomic mass is 15.3. The number of nitrogens with zero attached hydrogens (tertiary/aromatic N) is 4. The molecule has 0 N–H and O–H groups in total. The summed E-state index contributed by atoms with van der Waals surface area (Å²) in [6.07, 6.45) is 7.23. The molecule has 0 aromatic carbocycles. The van der Waals surface area contributed by atoms with E-state index in [-0.39, 0.29) is 0 Å². The zero-order chi connectivity index (χ0) is 11.3. The van der Waals surface area contributed by atoms with Gasteiger partial charge in [-0.3, -0.25) is 0 Å². The van der Waals surface area contributed by atoms with Crippen LogP contribution in [0.25, 0.3) is 5.95 Å². The summed E-state index contributed by atoms with van der Waals surface area (Å²) in [5.41, 5.74) is 2.15. The van der Waals surface area contributed by atoms with Gasteiger partial charge in [-0.2, -0.15) is 5.10 Å². The number of hydrogen-bond acceptors (Lipinski definition) is 3. The Morgan fingerprint density at radius 2 is 1.53 bits per heavy atom. The van der Waals surface area contributed by atoms with E-state index >= 15 is 0 Å². The van der Waals surface area contributed by atoms with Crippen LogP contribution in [0.2, 0.25) is 0 Å². The molecule has 0 unspecified atom stereocenters. The Morgan fingerprint density at radius 3 is 2.00 bits per heavy atom. The molecule has 0 radical (unpaired) electrons. The maximum Gasteiger partial charge on any atom is 0.250 e. The van der Waals surface area contributed by atoms with Gasteiger partial charge in [0.15, 0.2) is 0 Å². The number of hydrogen-bond donors (Lipinski definition) is 0.